The highest BCUT2D eigenvalue weighted by Gasteiger charge is 2.44. The molecule has 0 radical (unpaired) electrons. The van der Waals surface area contributed by atoms with Gasteiger partial charge in [-0.3, -0.25) is 0 Å². The molecule has 0 aliphatic carbocycles. The maximum absolute atomic E-state index is 15.2. The van der Waals surface area contributed by atoms with Crippen LogP contribution in [0.25, 0.3) is 0 Å². The van der Waals surface area contributed by atoms with Gasteiger partial charge in [-0.15, -0.1) is 11.8 Å². The van der Waals surface area contributed by atoms with Crippen LogP contribution in [0.3, 0.4) is 0 Å². The van der Waals surface area contributed by atoms with E-state index in [1.165, 1.54) is 4.90 Å². The van der Waals surface area contributed by atoms with E-state index in [2.05, 4.69) is 84.6 Å². The molecule has 1 amide bonds. The summed E-state index contributed by atoms with van der Waals surface area (Å²) >= 11 is 1.88. The van der Waals surface area contributed by atoms with Gasteiger partial charge in [0.05, 0.1) is 17.3 Å². The predicted octanol–water partition coefficient (Wildman–Crippen LogP) is 10.2. The Morgan fingerprint density at radius 1 is 0.800 bits per heavy atom. The van der Waals surface area contributed by atoms with Crippen molar-refractivity contribution in [2.24, 2.45) is 0 Å². The van der Waals surface area contributed by atoms with Crippen molar-refractivity contribution in [2.45, 2.75) is 55.4 Å². The largest absolute Gasteiger partial charge is 0.445 e. The van der Waals surface area contributed by atoms with Gasteiger partial charge in [0, 0.05) is 36.3 Å². The Kier molecular flexibility index (Phi) is 12.2. The van der Waals surface area contributed by atoms with Crippen molar-refractivity contribution in [3.05, 3.63) is 197 Å². The van der Waals surface area contributed by atoms with Crippen LogP contribution in [0.2, 0.25) is 0 Å². The summed E-state index contributed by atoms with van der Waals surface area (Å²) in [5.41, 5.74) is 5.41. The fraction of sp³-hybridized carbons (Fsp3) is 0.239. The summed E-state index contributed by atoms with van der Waals surface area (Å²) in [6.45, 7) is 2.77. The van der Waals surface area contributed by atoms with Crippen LogP contribution in [0.15, 0.2) is 152 Å². The van der Waals surface area contributed by atoms with Gasteiger partial charge >= 0.3 is 6.09 Å². The quantitative estimate of drug-likeness (QED) is 0.103. The number of anilines is 1. The minimum atomic E-state index is -0.616. The molecule has 1 aliphatic rings. The number of amides is 1. The first-order valence-corrected chi connectivity index (χ1v) is 19.6. The van der Waals surface area contributed by atoms with Gasteiger partial charge in [0.1, 0.15) is 18.2 Å². The van der Waals surface area contributed by atoms with E-state index in [0.29, 0.717) is 18.9 Å². The summed E-state index contributed by atoms with van der Waals surface area (Å²) < 4.78 is 34.8. The first-order valence-electron chi connectivity index (χ1n) is 18.7. The van der Waals surface area contributed by atoms with E-state index in [1.807, 2.05) is 72.7 Å². The van der Waals surface area contributed by atoms with E-state index in [9.17, 15) is 9.18 Å². The minimum absolute atomic E-state index is 0.0395. The molecule has 1 fully saturated rings. The van der Waals surface area contributed by atoms with Gasteiger partial charge < -0.3 is 14.5 Å². The second kappa shape index (κ2) is 17.7. The standard InChI is InChI=1S/C46H44F2N4O2S/c1-2-15-35-28-49-44(50-29-35)52-32-42(55-46(37-18-9-4-10-19-37,38-20-11-5-12-21-38)39-22-13-6-14-23-39)27-41(52)31-51(30-36-26-40(47)24-25-43(36)48)45(53)54-33-34-16-7-3-8-17-34/h3-14,16-26,28-29,41-42H,2,15,27,30-33H2,1H3. The number of rotatable bonds is 14. The van der Waals surface area contributed by atoms with Gasteiger partial charge in [-0.25, -0.2) is 23.5 Å². The summed E-state index contributed by atoms with van der Waals surface area (Å²) in [5.74, 6) is -0.605. The Hall–Kier alpha value is -5.54. The number of aryl methyl sites for hydroxylation is 1. The maximum atomic E-state index is 15.2. The van der Waals surface area contributed by atoms with Crippen molar-refractivity contribution >= 4 is 23.8 Å². The SMILES string of the molecule is CCCc1cnc(N2CC(SC(c3ccccc3)(c3ccccc3)c3ccccc3)CC2CN(Cc2cc(F)ccc2F)C(=O)OCc2ccccc2)nc1. The molecular formula is C46H44F2N4O2S. The van der Waals surface area contributed by atoms with Crippen LogP contribution in [-0.4, -0.2) is 45.3 Å². The molecule has 0 bridgehead atoms. The highest BCUT2D eigenvalue weighted by atomic mass is 32.2. The third-order valence-electron chi connectivity index (χ3n) is 10.0. The molecule has 6 aromatic rings. The molecular weight excluding hydrogens is 711 g/mol. The van der Waals surface area contributed by atoms with Gasteiger partial charge in [0.15, 0.2) is 0 Å². The molecule has 280 valence electrons. The van der Waals surface area contributed by atoms with Crippen LogP contribution in [0.1, 0.15) is 53.1 Å². The van der Waals surface area contributed by atoms with E-state index in [1.54, 1.807) is 0 Å². The average Bonchev–Trinajstić information content (AvgIpc) is 3.63. The van der Waals surface area contributed by atoms with E-state index in [-0.39, 0.29) is 36.6 Å². The van der Waals surface area contributed by atoms with Crippen LogP contribution in [0, 0.1) is 11.6 Å². The normalized spacial score (nSPS) is 15.5. The van der Waals surface area contributed by atoms with Crippen molar-refractivity contribution in [3.63, 3.8) is 0 Å². The number of hydrogen-bond acceptors (Lipinski definition) is 6. The fourth-order valence-corrected chi connectivity index (χ4v) is 9.27. The number of ether oxygens (including phenoxy) is 1. The summed E-state index contributed by atoms with van der Waals surface area (Å²) in [5, 5.41) is 0.0395. The number of thioether (sulfide) groups is 1. The second-order valence-corrected chi connectivity index (χ2v) is 15.4. The van der Waals surface area contributed by atoms with Gasteiger partial charge in [-0.1, -0.05) is 135 Å². The van der Waals surface area contributed by atoms with Crippen molar-refractivity contribution in [1.29, 1.82) is 0 Å². The zero-order valence-electron chi connectivity index (χ0n) is 30.8. The van der Waals surface area contributed by atoms with E-state index in [4.69, 9.17) is 14.7 Å². The summed E-state index contributed by atoms with van der Waals surface area (Å²) in [6, 6.07) is 44.1. The Balaban J connectivity index is 1.26. The number of carbonyl (C=O) groups is 1. The molecule has 1 saturated heterocycles. The predicted molar refractivity (Wildman–Crippen MR) is 216 cm³/mol. The molecule has 2 atom stereocenters. The molecule has 7 rings (SSSR count). The number of halogens is 2. The smallest absolute Gasteiger partial charge is 0.410 e. The lowest BCUT2D eigenvalue weighted by Crippen LogP contribution is -2.43. The highest BCUT2D eigenvalue weighted by Crippen LogP contribution is 2.52. The first kappa shape index (κ1) is 37.8. The maximum Gasteiger partial charge on any atom is 0.410 e. The van der Waals surface area contributed by atoms with Gasteiger partial charge in [-0.05, 0) is 58.9 Å². The monoisotopic (exact) mass is 754 g/mol. The molecule has 5 aromatic carbocycles. The fourth-order valence-electron chi connectivity index (χ4n) is 7.40. The third-order valence-corrected chi connectivity index (χ3v) is 11.7. The van der Waals surface area contributed by atoms with Crippen molar-refractivity contribution in [1.82, 2.24) is 14.9 Å². The van der Waals surface area contributed by atoms with Crippen LogP contribution < -0.4 is 4.90 Å². The molecule has 2 heterocycles. The number of carbonyl (C=O) groups excluding carboxylic acids is 1. The minimum Gasteiger partial charge on any atom is -0.445 e. The molecule has 0 N–H and O–H groups in total. The van der Waals surface area contributed by atoms with Gasteiger partial charge in [0.25, 0.3) is 0 Å². The Labute approximate surface area is 326 Å². The summed E-state index contributed by atoms with van der Waals surface area (Å²) in [6.07, 6.45) is 5.64. The molecule has 1 aliphatic heterocycles. The van der Waals surface area contributed by atoms with Crippen LogP contribution in [0.4, 0.5) is 19.5 Å². The lowest BCUT2D eigenvalue weighted by Gasteiger charge is -2.37. The molecule has 2 unspecified atom stereocenters. The first-order chi connectivity index (χ1) is 26.9. The number of aromatic nitrogens is 2. The van der Waals surface area contributed by atoms with Crippen molar-refractivity contribution in [3.8, 4) is 0 Å². The van der Waals surface area contributed by atoms with E-state index < -0.39 is 22.5 Å². The highest BCUT2D eigenvalue weighted by molar-refractivity contribution is 8.01. The molecule has 0 spiro atoms. The zero-order chi connectivity index (χ0) is 38.0. The van der Waals surface area contributed by atoms with E-state index >= 15 is 4.39 Å². The Morgan fingerprint density at radius 3 is 1.93 bits per heavy atom. The molecule has 6 nitrogen and oxygen atoms in total. The number of benzene rings is 5. The molecule has 55 heavy (non-hydrogen) atoms. The Morgan fingerprint density at radius 2 is 1.36 bits per heavy atom. The zero-order valence-corrected chi connectivity index (χ0v) is 31.6. The lowest BCUT2D eigenvalue weighted by atomic mass is 9.84. The van der Waals surface area contributed by atoms with Gasteiger partial charge in [-0.2, -0.15) is 0 Å². The van der Waals surface area contributed by atoms with Crippen LogP contribution in [-0.2, 0) is 29.1 Å². The molecule has 0 saturated carbocycles. The van der Waals surface area contributed by atoms with Crippen molar-refractivity contribution < 1.29 is 18.3 Å². The van der Waals surface area contributed by atoms with Crippen LogP contribution in [0.5, 0.6) is 0 Å². The average molecular weight is 755 g/mol. The Bertz CT molecular complexity index is 2030. The summed E-state index contributed by atoms with van der Waals surface area (Å²) in [4.78, 5) is 27.3. The lowest BCUT2D eigenvalue weighted by molar-refractivity contribution is 0.0910. The van der Waals surface area contributed by atoms with Crippen molar-refractivity contribution in [2.75, 3.05) is 18.0 Å². The number of nitrogens with zero attached hydrogens (tertiary/aromatic N) is 4. The summed E-state index contributed by atoms with van der Waals surface area (Å²) in [7, 11) is 0. The topological polar surface area (TPSA) is 58.6 Å². The second-order valence-electron chi connectivity index (χ2n) is 13.9. The van der Waals surface area contributed by atoms with E-state index in [0.717, 1.165) is 58.9 Å². The molecule has 1 aromatic heterocycles. The third kappa shape index (κ3) is 8.89. The van der Waals surface area contributed by atoms with Crippen LogP contribution >= 0.6 is 11.8 Å². The molecule has 9 heteroatoms. The number of hydrogen-bond donors (Lipinski definition) is 0. The van der Waals surface area contributed by atoms with Gasteiger partial charge in [0.2, 0.25) is 5.95 Å².